The van der Waals surface area contributed by atoms with Gasteiger partial charge < -0.3 is 19.1 Å². The fourth-order valence-electron chi connectivity index (χ4n) is 3.66. The van der Waals surface area contributed by atoms with Gasteiger partial charge >= 0.3 is 0 Å². The molecule has 1 saturated heterocycles. The van der Waals surface area contributed by atoms with Crippen LogP contribution in [0, 0.1) is 0 Å². The lowest BCUT2D eigenvalue weighted by molar-refractivity contribution is -0.132. The van der Waals surface area contributed by atoms with Crippen molar-refractivity contribution in [3.63, 3.8) is 0 Å². The number of ether oxygens (including phenoxy) is 1. The highest BCUT2D eigenvalue weighted by Crippen LogP contribution is 2.28. The van der Waals surface area contributed by atoms with E-state index in [4.69, 9.17) is 16.3 Å². The first-order valence-corrected chi connectivity index (χ1v) is 9.44. The maximum Gasteiger partial charge on any atom is 0.242 e. The third-order valence-electron chi connectivity index (χ3n) is 5.12. The Bertz CT molecular complexity index is 961. The minimum absolute atomic E-state index is 0.132. The molecule has 27 heavy (non-hydrogen) atoms. The van der Waals surface area contributed by atoms with Crippen LogP contribution in [0.25, 0.3) is 10.9 Å². The van der Waals surface area contributed by atoms with Gasteiger partial charge in [-0.2, -0.15) is 0 Å². The summed E-state index contributed by atoms with van der Waals surface area (Å²) in [6, 6.07) is 15.7. The van der Waals surface area contributed by atoms with Gasteiger partial charge in [0.25, 0.3) is 0 Å². The lowest BCUT2D eigenvalue weighted by Gasteiger charge is -2.36. The van der Waals surface area contributed by atoms with E-state index in [0.29, 0.717) is 24.7 Å². The number of carbonyl (C=O) groups excluding carboxylic acids is 1. The molecule has 0 aliphatic carbocycles. The molecule has 1 aliphatic heterocycles. The summed E-state index contributed by atoms with van der Waals surface area (Å²) in [5, 5.41) is 1.69. The summed E-state index contributed by atoms with van der Waals surface area (Å²) < 4.78 is 7.43. The molecule has 0 spiro atoms. The van der Waals surface area contributed by atoms with Crippen LogP contribution in [0.15, 0.2) is 54.7 Å². The van der Waals surface area contributed by atoms with Crippen LogP contribution in [0.4, 0.5) is 5.69 Å². The fourth-order valence-corrected chi connectivity index (χ4v) is 3.89. The number of aromatic nitrogens is 1. The largest absolute Gasteiger partial charge is 0.495 e. The highest BCUT2D eigenvalue weighted by atomic mass is 35.5. The Morgan fingerprint density at radius 3 is 2.59 bits per heavy atom. The van der Waals surface area contributed by atoms with Crippen molar-refractivity contribution in [1.29, 1.82) is 0 Å². The molecule has 5 nitrogen and oxygen atoms in total. The number of amides is 1. The van der Waals surface area contributed by atoms with Gasteiger partial charge in [0.1, 0.15) is 12.3 Å². The molecule has 2 heterocycles. The first kappa shape index (κ1) is 17.7. The van der Waals surface area contributed by atoms with Crippen LogP contribution >= 0.6 is 11.6 Å². The number of para-hydroxylation sites is 2. The minimum Gasteiger partial charge on any atom is -0.495 e. The molecule has 0 radical (unpaired) electrons. The van der Waals surface area contributed by atoms with Gasteiger partial charge in [-0.25, -0.2) is 0 Å². The maximum atomic E-state index is 12.8. The van der Waals surface area contributed by atoms with E-state index in [0.717, 1.165) is 35.4 Å². The SMILES string of the molecule is COc1ccccc1N1CCN(C(=O)Cn2ccc3c(Cl)cccc32)CC1. The number of methoxy groups -OCH3 is 1. The summed E-state index contributed by atoms with van der Waals surface area (Å²) in [6.07, 6.45) is 1.93. The molecular weight excluding hydrogens is 362 g/mol. The number of hydrogen-bond donors (Lipinski definition) is 0. The third-order valence-corrected chi connectivity index (χ3v) is 5.45. The van der Waals surface area contributed by atoms with E-state index < -0.39 is 0 Å². The van der Waals surface area contributed by atoms with Gasteiger partial charge in [-0.15, -0.1) is 0 Å². The highest BCUT2D eigenvalue weighted by molar-refractivity contribution is 6.35. The number of carbonyl (C=O) groups is 1. The van der Waals surface area contributed by atoms with E-state index in [1.54, 1.807) is 7.11 Å². The molecular formula is C21H22ClN3O2. The van der Waals surface area contributed by atoms with E-state index in [9.17, 15) is 4.79 Å². The zero-order chi connectivity index (χ0) is 18.8. The molecule has 1 aromatic heterocycles. The van der Waals surface area contributed by atoms with Crippen molar-refractivity contribution in [2.24, 2.45) is 0 Å². The van der Waals surface area contributed by atoms with Crippen LogP contribution < -0.4 is 9.64 Å². The first-order valence-electron chi connectivity index (χ1n) is 9.06. The Morgan fingerprint density at radius 2 is 1.81 bits per heavy atom. The topological polar surface area (TPSA) is 37.7 Å². The summed E-state index contributed by atoms with van der Waals surface area (Å²) in [4.78, 5) is 17.0. The Balaban J connectivity index is 1.42. The number of piperazine rings is 1. The summed E-state index contributed by atoms with van der Waals surface area (Å²) in [5.41, 5.74) is 2.07. The molecule has 1 amide bonds. The van der Waals surface area contributed by atoms with Crippen molar-refractivity contribution >= 4 is 34.1 Å². The Kier molecular flexibility index (Phi) is 4.94. The van der Waals surface area contributed by atoms with Gasteiger partial charge in [-0.05, 0) is 30.3 Å². The molecule has 4 rings (SSSR count). The summed E-state index contributed by atoms with van der Waals surface area (Å²) in [5.74, 6) is 1.00. The number of halogens is 1. The highest BCUT2D eigenvalue weighted by Gasteiger charge is 2.23. The fraction of sp³-hybridized carbons (Fsp3) is 0.286. The second kappa shape index (κ2) is 7.53. The molecule has 0 bridgehead atoms. The van der Waals surface area contributed by atoms with Gasteiger partial charge in [-0.1, -0.05) is 29.8 Å². The van der Waals surface area contributed by atoms with Crippen LogP contribution in [0.3, 0.4) is 0 Å². The molecule has 1 fully saturated rings. The Hall–Kier alpha value is -2.66. The predicted octanol–water partition coefficient (Wildman–Crippen LogP) is 3.65. The molecule has 0 saturated carbocycles. The number of hydrogen-bond acceptors (Lipinski definition) is 3. The molecule has 2 aromatic carbocycles. The number of rotatable bonds is 4. The second-order valence-corrected chi connectivity index (χ2v) is 7.06. The zero-order valence-electron chi connectivity index (χ0n) is 15.3. The van der Waals surface area contributed by atoms with Crippen molar-refractivity contribution in [3.8, 4) is 5.75 Å². The van der Waals surface area contributed by atoms with Crippen LogP contribution in [0.5, 0.6) is 5.75 Å². The number of fused-ring (bicyclic) bond motifs is 1. The quantitative estimate of drug-likeness (QED) is 0.690. The van der Waals surface area contributed by atoms with Crippen LogP contribution in [-0.4, -0.2) is 48.7 Å². The van der Waals surface area contributed by atoms with Gasteiger partial charge in [-0.3, -0.25) is 4.79 Å². The van der Waals surface area contributed by atoms with Gasteiger partial charge in [0.2, 0.25) is 5.91 Å². The average Bonchev–Trinajstić information content (AvgIpc) is 3.12. The van der Waals surface area contributed by atoms with Gasteiger partial charge in [0.15, 0.2) is 0 Å². The Morgan fingerprint density at radius 1 is 1.04 bits per heavy atom. The van der Waals surface area contributed by atoms with Gasteiger partial charge in [0.05, 0.1) is 12.8 Å². The average molecular weight is 384 g/mol. The van der Waals surface area contributed by atoms with Crippen molar-refractivity contribution < 1.29 is 9.53 Å². The second-order valence-electron chi connectivity index (χ2n) is 6.66. The van der Waals surface area contributed by atoms with E-state index in [2.05, 4.69) is 11.0 Å². The number of anilines is 1. The van der Waals surface area contributed by atoms with E-state index in [1.807, 2.05) is 58.1 Å². The standard InChI is InChI=1S/C21H22ClN3O2/c1-27-20-8-3-2-6-19(20)23-11-13-24(14-12-23)21(26)15-25-10-9-16-17(22)5-4-7-18(16)25/h2-10H,11-15H2,1H3. The normalized spacial score (nSPS) is 14.6. The molecule has 6 heteroatoms. The molecule has 0 atom stereocenters. The van der Waals surface area contributed by atoms with Crippen LogP contribution in [0.2, 0.25) is 5.02 Å². The predicted molar refractivity (Wildman–Crippen MR) is 109 cm³/mol. The van der Waals surface area contributed by atoms with Crippen molar-refractivity contribution in [2.75, 3.05) is 38.2 Å². The van der Waals surface area contributed by atoms with Crippen molar-refractivity contribution in [3.05, 3.63) is 59.8 Å². The molecule has 140 valence electrons. The Labute approximate surface area is 163 Å². The minimum atomic E-state index is 0.132. The monoisotopic (exact) mass is 383 g/mol. The first-order chi connectivity index (χ1) is 13.2. The number of benzene rings is 2. The summed E-state index contributed by atoms with van der Waals surface area (Å²) in [6.45, 7) is 3.33. The molecule has 3 aromatic rings. The van der Waals surface area contributed by atoms with Crippen molar-refractivity contribution in [2.45, 2.75) is 6.54 Å². The van der Waals surface area contributed by atoms with Crippen molar-refractivity contribution in [1.82, 2.24) is 9.47 Å². The smallest absolute Gasteiger partial charge is 0.242 e. The van der Waals surface area contributed by atoms with E-state index in [-0.39, 0.29) is 5.91 Å². The zero-order valence-corrected chi connectivity index (χ0v) is 16.0. The number of nitrogens with zero attached hydrogens (tertiary/aromatic N) is 3. The summed E-state index contributed by atoms with van der Waals surface area (Å²) in [7, 11) is 1.69. The van der Waals surface area contributed by atoms with Crippen LogP contribution in [0.1, 0.15) is 0 Å². The molecule has 0 N–H and O–H groups in total. The van der Waals surface area contributed by atoms with Crippen LogP contribution in [-0.2, 0) is 11.3 Å². The van der Waals surface area contributed by atoms with E-state index >= 15 is 0 Å². The van der Waals surface area contributed by atoms with Gasteiger partial charge in [0, 0.05) is 48.3 Å². The molecule has 1 aliphatic rings. The third kappa shape index (κ3) is 3.47. The lowest BCUT2D eigenvalue weighted by Crippen LogP contribution is -2.49. The van der Waals surface area contributed by atoms with E-state index in [1.165, 1.54) is 0 Å². The molecule has 0 unspecified atom stereocenters. The lowest BCUT2D eigenvalue weighted by atomic mass is 10.2. The summed E-state index contributed by atoms with van der Waals surface area (Å²) >= 11 is 6.23. The maximum absolute atomic E-state index is 12.8.